The number of nitrogen functional groups attached to an aromatic ring is 1. The summed E-state index contributed by atoms with van der Waals surface area (Å²) >= 11 is 1.45. The fourth-order valence-electron chi connectivity index (χ4n) is 1.25. The van der Waals surface area contributed by atoms with Crippen molar-refractivity contribution in [2.75, 3.05) is 5.73 Å². The van der Waals surface area contributed by atoms with Crippen LogP contribution in [0.3, 0.4) is 0 Å². The number of phenolic OH excluding ortho intramolecular Hbond substituents is 1. The molecule has 1 aromatic carbocycles. The maximum Gasteiger partial charge on any atom is 0.153 e. The zero-order valence-corrected chi connectivity index (χ0v) is 7.47. The number of carbonyl (C=O) groups is 1. The highest BCUT2D eigenvalue weighted by atomic mass is 32.1. The van der Waals surface area contributed by atoms with E-state index in [1.54, 1.807) is 17.5 Å². The molecule has 0 aliphatic rings. The Balaban J connectivity index is 2.91. The fourth-order valence-corrected chi connectivity index (χ4v) is 2.10. The number of fused-ring (bicyclic) bond motifs is 1. The van der Waals surface area contributed by atoms with E-state index in [9.17, 15) is 9.90 Å². The number of thiophene rings is 1. The molecule has 0 aliphatic carbocycles. The molecule has 0 fully saturated rings. The van der Waals surface area contributed by atoms with Crippen molar-refractivity contribution in [3.05, 3.63) is 23.1 Å². The lowest BCUT2D eigenvalue weighted by atomic mass is 10.1. The zero-order valence-electron chi connectivity index (χ0n) is 6.65. The molecule has 66 valence electrons. The Labute approximate surface area is 78.4 Å². The second kappa shape index (κ2) is 2.74. The van der Waals surface area contributed by atoms with E-state index in [-0.39, 0.29) is 11.3 Å². The molecule has 3 N–H and O–H groups in total. The molecule has 0 bridgehead atoms. The van der Waals surface area contributed by atoms with E-state index in [0.29, 0.717) is 17.4 Å². The zero-order chi connectivity index (χ0) is 9.42. The Morgan fingerprint density at radius 3 is 2.92 bits per heavy atom. The molecule has 0 amide bonds. The molecule has 2 aromatic rings. The largest absolute Gasteiger partial charge is 0.506 e. The summed E-state index contributed by atoms with van der Waals surface area (Å²) in [5, 5.41) is 11.9. The first kappa shape index (κ1) is 8.07. The van der Waals surface area contributed by atoms with Crippen LogP contribution in [0.4, 0.5) is 5.69 Å². The number of aromatic hydroxyl groups is 1. The highest BCUT2D eigenvalue weighted by molar-refractivity contribution is 7.17. The Kier molecular flexibility index (Phi) is 1.70. The summed E-state index contributed by atoms with van der Waals surface area (Å²) in [4.78, 5) is 10.5. The first-order valence-corrected chi connectivity index (χ1v) is 4.56. The van der Waals surface area contributed by atoms with Gasteiger partial charge in [-0.25, -0.2) is 0 Å². The van der Waals surface area contributed by atoms with Gasteiger partial charge in [0.1, 0.15) is 5.75 Å². The molecule has 0 saturated carbocycles. The van der Waals surface area contributed by atoms with Crippen LogP contribution >= 0.6 is 11.3 Å². The summed E-state index contributed by atoms with van der Waals surface area (Å²) in [6.45, 7) is 0. The summed E-state index contributed by atoms with van der Waals surface area (Å²) in [5.41, 5.74) is 6.43. The molecule has 4 heteroatoms. The number of aldehydes is 1. The van der Waals surface area contributed by atoms with Gasteiger partial charge in [-0.15, -0.1) is 11.3 Å². The van der Waals surface area contributed by atoms with E-state index in [1.165, 1.54) is 11.3 Å². The van der Waals surface area contributed by atoms with E-state index in [0.717, 1.165) is 4.70 Å². The van der Waals surface area contributed by atoms with Crippen molar-refractivity contribution in [1.82, 2.24) is 0 Å². The van der Waals surface area contributed by atoms with Crippen LogP contribution < -0.4 is 5.73 Å². The lowest BCUT2D eigenvalue weighted by Gasteiger charge is -1.99. The smallest absolute Gasteiger partial charge is 0.153 e. The van der Waals surface area contributed by atoms with Crippen LogP contribution in [0.15, 0.2) is 17.5 Å². The monoisotopic (exact) mass is 193 g/mol. The number of nitrogens with two attached hydrogens (primary N) is 1. The van der Waals surface area contributed by atoms with Crippen molar-refractivity contribution in [1.29, 1.82) is 0 Å². The Morgan fingerprint density at radius 1 is 1.46 bits per heavy atom. The number of anilines is 1. The minimum Gasteiger partial charge on any atom is -0.506 e. The second-order valence-electron chi connectivity index (χ2n) is 2.69. The third-order valence-electron chi connectivity index (χ3n) is 1.90. The standard InChI is InChI=1S/C9H7NO2S/c10-6-4-13-7-2-1-5(3-11)9(12)8(6)7/h1-4,12H,10H2. The lowest BCUT2D eigenvalue weighted by molar-refractivity contribution is 0.112. The highest BCUT2D eigenvalue weighted by Crippen LogP contribution is 2.36. The highest BCUT2D eigenvalue weighted by Gasteiger charge is 2.09. The molecule has 0 atom stereocenters. The van der Waals surface area contributed by atoms with Gasteiger partial charge in [0.15, 0.2) is 6.29 Å². The molecule has 0 aliphatic heterocycles. The predicted molar refractivity (Wildman–Crippen MR) is 53.3 cm³/mol. The molecular weight excluding hydrogens is 186 g/mol. The van der Waals surface area contributed by atoms with E-state index in [4.69, 9.17) is 5.73 Å². The SMILES string of the molecule is Nc1csc2ccc(C=O)c(O)c12. The van der Waals surface area contributed by atoms with Crippen LogP contribution in [0.1, 0.15) is 10.4 Å². The van der Waals surface area contributed by atoms with Crippen LogP contribution in [-0.2, 0) is 0 Å². The molecule has 1 aromatic heterocycles. The topological polar surface area (TPSA) is 63.3 Å². The number of benzene rings is 1. The van der Waals surface area contributed by atoms with Gasteiger partial charge in [0.2, 0.25) is 0 Å². The minimum atomic E-state index is -0.0220. The van der Waals surface area contributed by atoms with E-state index in [1.807, 2.05) is 0 Å². The Morgan fingerprint density at radius 2 is 2.23 bits per heavy atom. The molecule has 0 spiro atoms. The van der Waals surface area contributed by atoms with Gasteiger partial charge in [-0.1, -0.05) is 0 Å². The van der Waals surface area contributed by atoms with E-state index >= 15 is 0 Å². The van der Waals surface area contributed by atoms with Gasteiger partial charge in [-0.3, -0.25) is 4.79 Å². The molecule has 13 heavy (non-hydrogen) atoms. The van der Waals surface area contributed by atoms with Crippen molar-refractivity contribution in [2.24, 2.45) is 0 Å². The lowest BCUT2D eigenvalue weighted by Crippen LogP contribution is -1.85. The quantitative estimate of drug-likeness (QED) is 0.681. The summed E-state index contributed by atoms with van der Waals surface area (Å²) in [5.74, 6) is -0.0220. The van der Waals surface area contributed by atoms with Crippen LogP contribution in [0.2, 0.25) is 0 Å². The fraction of sp³-hybridized carbons (Fsp3) is 0. The van der Waals surface area contributed by atoms with Crippen molar-refractivity contribution in [3.8, 4) is 5.75 Å². The summed E-state index contributed by atoms with van der Waals surface area (Å²) in [7, 11) is 0. The van der Waals surface area contributed by atoms with Crippen LogP contribution in [0, 0.1) is 0 Å². The van der Waals surface area contributed by atoms with Gasteiger partial charge >= 0.3 is 0 Å². The molecule has 0 unspecified atom stereocenters. The van der Waals surface area contributed by atoms with Crippen molar-refractivity contribution in [3.63, 3.8) is 0 Å². The van der Waals surface area contributed by atoms with Gasteiger partial charge in [-0.2, -0.15) is 0 Å². The van der Waals surface area contributed by atoms with Gasteiger partial charge in [0.05, 0.1) is 16.6 Å². The Hall–Kier alpha value is -1.55. The molecule has 3 nitrogen and oxygen atoms in total. The average Bonchev–Trinajstić information content (AvgIpc) is 2.49. The summed E-state index contributed by atoms with van der Waals surface area (Å²) in [6.07, 6.45) is 0.617. The van der Waals surface area contributed by atoms with Crippen molar-refractivity contribution in [2.45, 2.75) is 0 Å². The van der Waals surface area contributed by atoms with Crippen LogP contribution in [0.5, 0.6) is 5.75 Å². The summed E-state index contributed by atoms with van der Waals surface area (Å²) < 4.78 is 0.889. The predicted octanol–water partition coefficient (Wildman–Crippen LogP) is 2.00. The molecule has 0 saturated heterocycles. The third-order valence-corrected chi connectivity index (χ3v) is 2.87. The second-order valence-corrected chi connectivity index (χ2v) is 3.60. The van der Waals surface area contributed by atoms with Crippen molar-refractivity contribution < 1.29 is 9.90 Å². The van der Waals surface area contributed by atoms with Gasteiger partial charge in [0, 0.05) is 10.1 Å². The molecule has 2 rings (SSSR count). The average molecular weight is 193 g/mol. The minimum absolute atomic E-state index is 0.0220. The summed E-state index contributed by atoms with van der Waals surface area (Å²) in [6, 6.07) is 3.36. The van der Waals surface area contributed by atoms with Gasteiger partial charge < -0.3 is 10.8 Å². The van der Waals surface area contributed by atoms with Crippen LogP contribution in [-0.4, -0.2) is 11.4 Å². The number of hydrogen-bond donors (Lipinski definition) is 2. The van der Waals surface area contributed by atoms with Crippen LogP contribution in [0.25, 0.3) is 10.1 Å². The van der Waals surface area contributed by atoms with Gasteiger partial charge in [0.25, 0.3) is 0 Å². The number of phenols is 1. The first-order valence-electron chi connectivity index (χ1n) is 3.68. The number of hydrogen-bond acceptors (Lipinski definition) is 4. The number of carbonyl (C=O) groups excluding carboxylic acids is 1. The molecule has 1 heterocycles. The molecular formula is C9H7NO2S. The van der Waals surface area contributed by atoms with E-state index in [2.05, 4.69) is 0 Å². The van der Waals surface area contributed by atoms with Crippen molar-refractivity contribution >= 4 is 33.4 Å². The molecule has 0 radical (unpaired) electrons. The normalized spacial score (nSPS) is 10.5. The van der Waals surface area contributed by atoms with E-state index < -0.39 is 0 Å². The maximum absolute atomic E-state index is 10.5. The maximum atomic E-state index is 10.5. The third kappa shape index (κ3) is 1.07. The Bertz CT molecular complexity index is 476. The van der Waals surface area contributed by atoms with Gasteiger partial charge in [-0.05, 0) is 12.1 Å². The number of rotatable bonds is 1. The first-order chi connectivity index (χ1) is 6.24.